The number of hydrogen-bond donors (Lipinski definition) is 2. The third-order valence-electron chi connectivity index (χ3n) is 4.00. The van der Waals surface area contributed by atoms with E-state index in [0.717, 1.165) is 11.3 Å². The third kappa shape index (κ3) is 4.62. The summed E-state index contributed by atoms with van der Waals surface area (Å²) in [5.41, 5.74) is 0.986. The Morgan fingerprint density at radius 3 is 2.83 bits per heavy atom. The van der Waals surface area contributed by atoms with Crippen LogP contribution in [0.25, 0.3) is 0 Å². The van der Waals surface area contributed by atoms with Crippen molar-refractivity contribution in [1.29, 1.82) is 0 Å². The lowest BCUT2D eigenvalue weighted by atomic mass is 10.1. The van der Waals surface area contributed by atoms with Gasteiger partial charge < -0.3 is 15.0 Å². The van der Waals surface area contributed by atoms with Crippen LogP contribution in [0.2, 0.25) is 0 Å². The van der Waals surface area contributed by atoms with E-state index in [-0.39, 0.29) is 6.04 Å². The van der Waals surface area contributed by atoms with Crippen molar-refractivity contribution in [2.45, 2.75) is 24.4 Å². The van der Waals surface area contributed by atoms with Gasteiger partial charge in [-0.25, -0.2) is 8.78 Å². The van der Waals surface area contributed by atoms with Crippen molar-refractivity contribution < 1.29 is 18.3 Å². The fourth-order valence-corrected chi connectivity index (χ4v) is 2.67. The van der Waals surface area contributed by atoms with Gasteiger partial charge in [-0.05, 0) is 31.8 Å². The number of nitrogens with one attached hydrogen (secondary N) is 2. The minimum atomic E-state index is -2.81. The number of ether oxygens (including phenoxy) is 1. The zero-order valence-electron chi connectivity index (χ0n) is 13.6. The maximum Gasteiger partial charge on any atom is 0.262 e. The van der Waals surface area contributed by atoms with Gasteiger partial charge in [-0.15, -0.1) is 0 Å². The maximum absolute atomic E-state index is 13.2. The summed E-state index contributed by atoms with van der Waals surface area (Å²) in [4.78, 5) is 14.0. The summed E-state index contributed by atoms with van der Waals surface area (Å²) in [7, 11) is 5.40. The van der Waals surface area contributed by atoms with Gasteiger partial charge in [0.05, 0.1) is 25.7 Å². The molecule has 1 amide bonds. The van der Waals surface area contributed by atoms with Crippen LogP contribution in [0, 0.1) is 0 Å². The van der Waals surface area contributed by atoms with Gasteiger partial charge >= 0.3 is 0 Å². The average molecular weight is 327 g/mol. The summed E-state index contributed by atoms with van der Waals surface area (Å²) < 4.78 is 31.5. The summed E-state index contributed by atoms with van der Waals surface area (Å²) in [6.07, 6.45) is -0.454. The monoisotopic (exact) mass is 327 g/mol. The number of carbonyl (C=O) groups excluding carboxylic acids is 1. The average Bonchev–Trinajstić information content (AvgIpc) is 2.87. The van der Waals surface area contributed by atoms with Crippen LogP contribution in [0.15, 0.2) is 24.3 Å². The molecule has 1 aliphatic heterocycles. The molecule has 1 aliphatic rings. The molecule has 2 unspecified atom stereocenters. The first-order valence-corrected chi connectivity index (χ1v) is 7.52. The van der Waals surface area contributed by atoms with Crippen molar-refractivity contribution in [3.8, 4) is 5.75 Å². The standard InChI is InChI=1S/C16H23F2N3O2/c1-21(2)14(11-5-4-6-12(7-11)23-3)9-19-15(22)13-8-16(17,18)10-20-13/h4-7,13-14,20H,8-10H2,1-3H3,(H,19,22). The molecular weight excluding hydrogens is 304 g/mol. The van der Waals surface area contributed by atoms with E-state index in [0.29, 0.717) is 6.54 Å². The van der Waals surface area contributed by atoms with Crippen LogP contribution in [0.3, 0.4) is 0 Å². The van der Waals surface area contributed by atoms with Crippen LogP contribution in [0.5, 0.6) is 5.75 Å². The van der Waals surface area contributed by atoms with E-state index in [9.17, 15) is 13.6 Å². The second kappa shape index (κ2) is 7.23. The zero-order chi connectivity index (χ0) is 17.0. The third-order valence-corrected chi connectivity index (χ3v) is 4.00. The minimum Gasteiger partial charge on any atom is -0.497 e. The van der Waals surface area contributed by atoms with Crippen molar-refractivity contribution in [2.75, 3.05) is 34.3 Å². The number of halogens is 2. The van der Waals surface area contributed by atoms with Crippen LogP contribution >= 0.6 is 0 Å². The number of benzene rings is 1. The van der Waals surface area contributed by atoms with E-state index in [1.165, 1.54) is 0 Å². The molecule has 1 aromatic carbocycles. The molecular formula is C16H23F2N3O2. The molecule has 1 saturated heterocycles. The lowest BCUT2D eigenvalue weighted by Gasteiger charge is -2.26. The van der Waals surface area contributed by atoms with Crippen molar-refractivity contribution >= 4 is 5.91 Å². The predicted molar refractivity (Wildman–Crippen MR) is 83.8 cm³/mol. The number of methoxy groups -OCH3 is 1. The van der Waals surface area contributed by atoms with Gasteiger partial charge in [0, 0.05) is 13.0 Å². The van der Waals surface area contributed by atoms with Gasteiger partial charge in [0.25, 0.3) is 5.92 Å². The number of hydrogen-bond acceptors (Lipinski definition) is 4. The minimum absolute atomic E-state index is 0.0732. The molecule has 7 heteroatoms. The van der Waals surface area contributed by atoms with E-state index in [1.54, 1.807) is 7.11 Å². The van der Waals surface area contributed by atoms with Crippen molar-refractivity contribution in [2.24, 2.45) is 0 Å². The molecule has 1 aromatic rings. The highest BCUT2D eigenvalue weighted by atomic mass is 19.3. The Morgan fingerprint density at radius 1 is 1.52 bits per heavy atom. The second-order valence-corrected chi connectivity index (χ2v) is 5.99. The summed E-state index contributed by atoms with van der Waals surface area (Å²) in [5, 5.41) is 5.32. The quantitative estimate of drug-likeness (QED) is 0.830. The van der Waals surface area contributed by atoms with E-state index in [1.807, 2.05) is 43.3 Å². The Labute approximate surface area is 135 Å². The molecule has 1 heterocycles. The molecule has 128 valence electrons. The Hall–Kier alpha value is -1.73. The summed E-state index contributed by atoms with van der Waals surface area (Å²) >= 11 is 0. The van der Waals surface area contributed by atoms with Crippen LogP contribution in [0.1, 0.15) is 18.0 Å². The highest BCUT2D eigenvalue weighted by molar-refractivity contribution is 5.82. The smallest absolute Gasteiger partial charge is 0.262 e. The first-order chi connectivity index (χ1) is 10.8. The lowest BCUT2D eigenvalue weighted by molar-refractivity contribution is -0.123. The summed E-state index contributed by atoms with van der Waals surface area (Å²) in [6, 6.07) is 6.67. The Bertz CT molecular complexity index is 552. The topological polar surface area (TPSA) is 53.6 Å². The van der Waals surface area contributed by atoms with Crippen LogP contribution in [-0.2, 0) is 4.79 Å². The van der Waals surface area contributed by atoms with Crippen molar-refractivity contribution in [3.05, 3.63) is 29.8 Å². The fourth-order valence-electron chi connectivity index (χ4n) is 2.67. The molecule has 2 atom stereocenters. The largest absolute Gasteiger partial charge is 0.497 e. The summed E-state index contributed by atoms with van der Waals surface area (Å²) in [5.74, 6) is -2.47. The molecule has 5 nitrogen and oxygen atoms in total. The van der Waals surface area contributed by atoms with Gasteiger partial charge in [-0.3, -0.25) is 10.1 Å². The number of nitrogens with zero attached hydrogens (tertiary/aromatic N) is 1. The van der Waals surface area contributed by atoms with Gasteiger partial charge in [-0.1, -0.05) is 12.1 Å². The maximum atomic E-state index is 13.2. The first kappa shape index (κ1) is 17.6. The number of rotatable bonds is 6. The van der Waals surface area contributed by atoms with E-state index in [4.69, 9.17) is 4.74 Å². The van der Waals surface area contributed by atoms with Gasteiger partial charge in [-0.2, -0.15) is 0 Å². The van der Waals surface area contributed by atoms with Crippen LogP contribution in [-0.4, -0.2) is 57.1 Å². The molecule has 2 rings (SSSR count). The number of amides is 1. The Kier molecular flexibility index (Phi) is 5.54. The highest BCUT2D eigenvalue weighted by Crippen LogP contribution is 2.25. The first-order valence-electron chi connectivity index (χ1n) is 7.52. The molecule has 0 aromatic heterocycles. The predicted octanol–water partition coefficient (Wildman–Crippen LogP) is 1.41. The van der Waals surface area contributed by atoms with Gasteiger partial charge in [0.15, 0.2) is 0 Å². The number of carbonyl (C=O) groups is 1. The Balaban J connectivity index is 1.99. The molecule has 0 bridgehead atoms. The molecule has 0 aliphatic carbocycles. The van der Waals surface area contributed by atoms with Crippen molar-refractivity contribution in [3.63, 3.8) is 0 Å². The Morgan fingerprint density at radius 2 is 2.26 bits per heavy atom. The van der Waals surface area contributed by atoms with E-state index >= 15 is 0 Å². The van der Waals surface area contributed by atoms with Gasteiger partial charge in [0.1, 0.15) is 5.75 Å². The molecule has 2 N–H and O–H groups in total. The molecule has 1 fully saturated rings. The second-order valence-electron chi connectivity index (χ2n) is 5.99. The van der Waals surface area contributed by atoms with Gasteiger partial charge in [0.2, 0.25) is 5.91 Å². The highest BCUT2D eigenvalue weighted by Gasteiger charge is 2.42. The lowest BCUT2D eigenvalue weighted by Crippen LogP contribution is -2.43. The van der Waals surface area contributed by atoms with Crippen molar-refractivity contribution in [1.82, 2.24) is 15.5 Å². The fraction of sp³-hybridized carbons (Fsp3) is 0.562. The van der Waals surface area contributed by atoms with E-state index < -0.39 is 30.8 Å². The molecule has 23 heavy (non-hydrogen) atoms. The van der Waals surface area contributed by atoms with Crippen LogP contribution < -0.4 is 15.4 Å². The zero-order valence-corrected chi connectivity index (χ0v) is 13.6. The molecule has 0 radical (unpaired) electrons. The SMILES string of the molecule is COc1cccc(C(CNC(=O)C2CC(F)(F)CN2)N(C)C)c1. The van der Waals surface area contributed by atoms with E-state index in [2.05, 4.69) is 10.6 Å². The number of alkyl halides is 2. The molecule has 0 saturated carbocycles. The summed E-state index contributed by atoms with van der Waals surface area (Å²) in [6.45, 7) is -0.110. The normalized spacial score (nSPS) is 21.2. The number of likely N-dealkylation sites (N-methyl/N-ethyl adjacent to an activating group) is 1. The molecule has 0 spiro atoms. The van der Waals surface area contributed by atoms with Crippen LogP contribution in [0.4, 0.5) is 8.78 Å².